The summed E-state index contributed by atoms with van der Waals surface area (Å²) in [7, 11) is 0. The monoisotopic (exact) mass is 414 g/mol. The van der Waals surface area contributed by atoms with Crippen molar-refractivity contribution in [1.82, 2.24) is 14.9 Å². The molecule has 136 valence electrons. The molecule has 1 saturated heterocycles. The Balaban J connectivity index is 1.62. The van der Waals surface area contributed by atoms with Gasteiger partial charge in [0.25, 0.3) is 5.91 Å². The molecule has 5 nitrogen and oxygen atoms in total. The van der Waals surface area contributed by atoms with Crippen LogP contribution in [0.25, 0.3) is 0 Å². The molecule has 0 saturated carbocycles. The number of carbonyl (C=O) groups is 1. The molecule has 0 bridgehead atoms. The highest BCUT2D eigenvalue weighted by Crippen LogP contribution is 2.29. The molecule has 1 aromatic carbocycles. The van der Waals surface area contributed by atoms with Crippen LogP contribution in [-0.2, 0) is 13.0 Å². The van der Waals surface area contributed by atoms with Crippen molar-refractivity contribution >= 4 is 27.7 Å². The second kappa shape index (κ2) is 7.35. The van der Waals surface area contributed by atoms with Crippen LogP contribution in [0.3, 0.4) is 0 Å². The highest BCUT2D eigenvalue weighted by molar-refractivity contribution is 9.10. The molecule has 4 rings (SSSR count). The lowest BCUT2D eigenvalue weighted by molar-refractivity contribution is 0.0733. The zero-order valence-electron chi connectivity index (χ0n) is 15.0. The summed E-state index contributed by atoms with van der Waals surface area (Å²) >= 11 is 3.43. The van der Waals surface area contributed by atoms with Gasteiger partial charge in [0.2, 0.25) is 0 Å². The lowest BCUT2D eigenvalue weighted by Crippen LogP contribution is -2.39. The molecule has 0 spiro atoms. The SMILES string of the molecule is Cc1nc2c(c(N3CCCCC3)n1)CN(C(=O)c1ccc(Br)cc1)CC2. The highest BCUT2D eigenvalue weighted by atomic mass is 79.9. The van der Waals surface area contributed by atoms with E-state index in [0.29, 0.717) is 13.1 Å². The molecule has 0 unspecified atom stereocenters. The van der Waals surface area contributed by atoms with Gasteiger partial charge in [0.1, 0.15) is 11.6 Å². The van der Waals surface area contributed by atoms with Crippen LogP contribution in [0.1, 0.15) is 46.7 Å². The Labute approximate surface area is 162 Å². The number of nitrogens with zero attached hydrogens (tertiary/aromatic N) is 4. The molecule has 0 aliphatic carbocycles. The zero-order chi connectivity index (χ0) is 18.1. The zero-order valence-corrected chi connectivity index (χ0v) is 16.6. The van der Waals surface area contributed by atoms with Gasteiger partial charge in [0.05, 0.1) is 12.2 Å². The van der Waals surface area contributed by atoms with Crippen molar-refractivity contribution in [2.45, 2.75) is 39.2 Å². The number of aromatic nitrogens is 2. The third kappa shape index (κ3) is 3.47. The van der Waals surface area contributed by atoms with Crippen LogP contribution in [0.5, 0.6) is 0 Å². The van der Waals surface area contributed by atoms with Crippen molar-refractivity contribution in [2.75, 3.05) is 24.5 Å². The quantitative estimate of drug-likeness (QED) is 0.750. The summed E-state index contributed by atoms with van der Waals surface area (Å²) in [6, 6.07) is 7.58. The van der Waals surface area contributed by atoms with Crippen molar-refractivity contribution in [1.29, 1.82) is 0 Å². The smallest absolute Gasteiger partial charge is 0.254 e. The van der Waals surface area contributed by atoms with Crippen molar-refractivity contribution in [3.05, 3.63) is 51.4 Å². The fourth-order valence-corrected chi connectivity index (χ4v) is 4.10. The van der Waals surface area contributed by atoms with E-state index in [9.17, 15) is 4.79 Å². The number of piperidine rings is 1. The van der Waals surface area contributed by atoms with E-state index in [-0.39, 0.29) is 5.91 Å². The van der Waals surface area contributed by atoms with E-state index >= 15 is 0 Å². The number of benzene rings is 1. The maximum absolute atomic E-state index is 12.9. The lowest BCUT2D eigenvalue weighted by atomic mass is 10.0. The average Bonchev–Trinajstić information content (AvgIpc) is 2.68. The molecule has 2 aromatic rings. The van der Waals surface area contributed by atoms with Gasteiger partial charge < -0.3 is 9.80 Å². The standard InChI is InChI=1S/C20H23BrN4O/c1-14-22-18-9-12-25(20(26)15-5-7-16(21)8-6-15)13-17(18)19(23-14)24-10-3-2-4-11-24/h5-8H,2-4,9-13H2,1H3. The summed E-state index contributed by atoms with van der Waals surface area (Å²) in [5.74, 6) is 1.95. The van der Waals surface area contributed by atoms with Crippen LogP contribution in [0, 0.1) is 6.92 Å². The number of anilines is 1. The number of aryl methyl sites for hydroxylation is 1. The van der Waals surface area contributed by atoms with Gasteiger partial charge in [-0.2, -0.15) is 0 Å². The molecular weight excluding hydrogens is 392 g/mol. The third-order valence-electron chi connectivity index (χ3n) is 5.18. The molecule has 2 aliphatic heterocycles. The minimum atomic E-state index is 0.0771. The first-order chi connectivity index (χ1) is 12.6. The average molecular weight is 415 g/mol. The predicted octanol–water partition coefficient (Wildman–Crippen LogP) is 3.74. The topological polar surface area (TPSA) is 49.3 Å². The Kier molecular flexibility index (Phi) is 4.94. The Hall–Kier alpha value is -1.95. The molecule has 0 N–H and O–H groups in total. The number of carbonyl (C=O) groups excluding carboxylic acids is 1. The van der Waals surface area contributed by atoms with Crippen LogP contribution >= 0.6 is 15.9 Å². The number of hydrogen-bond donors (Lipinski definition) is 0. The second-order valence-electron chi connectivity index (χ2n) is 7.05. The van der Waals surface area contributed by atoms with Crippen LogP contribution in [0.2, 0.25) is 0 Å². The molecular formula is C20H23BrN4O. The van der Waals surface area contributed by atoms with E-state index in [1.54, 1.807) is 0 Å². The molecule has 1 fully saturated rings. The maximum Gasteiger partial charge on any atom is 0.254 e. The van der Waals surface area contributed by atoms with Gasteiger partial charge in [-0.25, -0.2) is 9.97 Å². The molecule has 0 radical (unpaired) electrons. The van der Waals surface area contributed by atoms with Gasteiger partial charge in [0, 0.05) is 41.7 Å². The summed E-state index contributed by atoms with van der Waals surface area (Å²) in [6.07, 6.45) is 4.50. The van der Waals surface area contributed by atoms with E-state index < -0.39 is 0 Å². The molecule has 1 aromatic heterocycles. The predicted molar refractivity (Wildman–Crippen MR) is 105 cm³/mol. The number of hydrogen-bond acceptors (Lipinski definition) is 4. The van der Waals surface area contributed by atoms with E-state index in [1.165, 1.54) is 19.3 Å². The van der Waals surface area contributed by atoms with E-state index in [2.05, 4.69) is 25.8 Å². The van der Waals surface area contributed by atoms with E-state index in [0.717, 1.165) is 52.4 Å². The Bertz CT molecular complexity index is 815. The van der Waals surface area contributed by atoms with Crippen LogP contribution in [0.15, 0.2) is 28.7 Å². The van der Waals surface area contributed by atoms with Crippen molar-refractivity contribution in [3.8, 4) is 0 Å². The van der Waals surface area contributed by atoms with Crippen LogP contribution in [-0.4, -0.2) is 40.4 Å². The third-order valence-corrected chi connectivity index (χ3v) is 5.71. The van der Waals surface area contributed by atoms with Crippen molar-refractivity contribution < 1.29 is 4.79 Å². The molecule has 6 heteroatoms. The normalized spacial score (nSPS) is 17.2. The molecule has 2 aliphatic rings. The first-order valence-electron chi connectivity index (χ1n) is 9.28. The molecule has 3 heterocycles. The van der Waals surface area contributed by atoms with Gasteiger partial charge in [-0.1, -0.05) is 15.9 Å². The van der Waals surface area contributed by atoms with Gasteiger partial charge >= 0.3 is 0 Å². The van der Waals surface area contributed by atoms with Gasteiger partial charge in [-0.05, 0) is 50.5 Å². The summed E-state index contributed by atoms with van der Waals surface area (Å²) in [6.45, 7) is 5.36. The molecule has 1 amide bonds. The Morgan fingerprint density at radius 2 is 1.77 bits per heavy atom. The van der Waals surface area contributed by atoms with Gasteiger partial charge in [-0.3, -0.25) is 4.79 Å². The van der Waals surface area contributed by atoms with Crippen LogP contribution < -0.4 is 4.90 Å². The minimum absolute atomic E-state index is 0.0771. The number of amides is 1. The fourth-order valence-electron chi connectivity index (χ4n) is 3.83. The van der Waals surface area contributed by atoms with Gasteiger partial charge in [0.15, 0.2) is 0 Å². The Morgan fingerprint density at radius 3 is 2.50 bits per heavy atom. The summed E-state index contributed by atoms with van der Waals surface area (Å²) in [5.41, 5.74) is 2.97. The maximum atomic E-state index is 12.9. The first-order valence-corrected chi connectivity index (χ1v) is 10.1. The van der Waals surface area contributed by atoms with Crippen LogP contribution in [0.4, 0.5) is 5.82 Å². The Morgan fingerprint density at radius 1 is 1.04 bits per heavy atom. The summed E-state index contributed by atoms with van der Waals surface area (Å²) in [5, 5.41) is 0. The number of fused-ring (bicyclic) bond motifs is 1. The number of rotatable bonds is 2. The van der Waals surface area contributed by atoms with E-state index in [1.807, 2.05) is 36.1 Å². The minimum Gasteiger partial charge on any atom is -0.356 e. The van der Waals surface area contributed by atoms with Crippen molar-refractivity contribution in [3.63, 3.8) is 0 Å². The first kappa shape index (κ1) is 17.5. The second-order valence-corrected chi connectivity index (χ2v) is 7.97. The number of halogens is 1. The summed E-state index contributed by atoms with van der Waals surface area (Å²) < 4.78 is 0.981. The highest BCUT2D eigenvalue weighted by Gasteiger charge is 2.28. The fraction of sp³-hybridized carbons (Fsp3) is 0.450. The largest absolute Gasteiger partial charge is 0.356 e. The lowest BCUT2D eigenvalue weighted by Gasteiger charge is -2.34. The van der Waals surface area contributed by atoms with E-state index in [4.69, 9.17) is 4.98 Å². The molecule has 0 atom stereocenters. The van der Waals surface area contributed by atoms with Gasteiger partial charge in [-0.15, -0.1) is 0 Å². The molecule has 26 heavy (non-hydrogen) atoms. The van der Waals surface area contributed by atoms with Crippen molar-refractivity contribution in [2.24, 2.45) is 0 Å². The summed E-state index contributed by atoms with van der Waals surface area (Å²) in [4.78, 5) is 26.7.